The molecule has 260 valence electrons. The molecule has 0 unspecified atom stereocenters. The molecule has 2 heteroatoms. The van der Waals surface area contributed by atoms with Gasteiger partial charge < -0.3 is 9.47 Å². The molecule has 8 aromatic rings. The Morgan fingerprint density at radius 2 is 1.02 bits per heavy atom. The molecule has 5 aliphatic rings. The Balaban J connectivity index is 0.958. The zero-order valence-electron chi connectivity index (χ0n) is 30.4. The summed E-state index contributed by atoms with van der Waals surface area (Å²) < 4.78 is 2.40. The third kappa shape index (κ3) is 4.28. The summed E-state index contributed by atoms with van der Waals surface area (Å²) in [5.74, 6) is 3.49. The number of hydrogen-bond donors (Lipinski definition) is 0. The van der Waals surface area contributed by atoms with Crippen molar-refractivity contribution < 1.29 is 0 Å². The Labute approximate surface area is 317 Å². The lowest BCUT2D eigenvalue weighted by atomic mass is 9.43. The van der Waals surface area contributed by atoms with E-state index in [1.54, 1.807) is 11.1 Å². The summed E-state index contributed by atoms with van der Waals surface area (Å²) in [5, 5.41) is 2.53. The third-order valence-corrected chi connectivity index (χ3v) is 14.0. The molecule has 0 atom stereocenters. The number of aromatic nitrogens is 1. The molecule has 0 N–H and O–H groups in total. The van der Waals surface area contributed by atoms with Gasteiger partial charge in [-0.05, 0) is 150 Å². The Hall–Kier alpha value is -5.86. The Bertz CT molecular complexity index is 2690. The van der Waals surface area contributed by atoms with E-state index in [1.807, 2.05) is 0 Å². The Morgan fingerprint density at radius 3 is 1.80 bits per heavy atom. The van der Waals surface area contributed by atoms with Crippen LogP contribution in [0.15, 0.2) is 170 Å². The van der Waals surface area contributed by atoms with E-state index in [2.05, 4.69) is 179 Å². The maximum absolute atomic E-state index is 2.54. The van der Waals surface area contributed by atoms with Crippen molar-refractivity contribution in [2.45, 2.75) is 37.5 Å². The second-order valence-corrected chi connectivity index (χ2v) is 16.6. The van der Waals surface area contributed by atoms with Crippen molar-refractivity contribution >= 4 is 38.9 Å². The lowest BCUT2D eigenvalue weighted by Gasteiger charge is -2.61. The first kappa shape index (κ1) is 30.6. The normalized spacial score (nSPS) is 23.3. The molecule has 1 aromatic heterocycles. The van der Waals surface area contributed by atoms with Gasteiger partial charge in [-0.3, -0.25) is 0 Å². The van der Waals surface area contributed by atoms with Crippen LogP contribution in [0.5, 0.6) is 0 Å². The van der Waals surface area contributed by atoms with Crippen molar-refractivity contribution in [3.05, 3.63) is 181 Å². The van der Waals surface area contributed by atoms with Crippen molar-refractivity contribution in [2.24, 2.45) is 23.7 Å². The Morgan fingerprint density at radius 1 is 0.426 bits per heavy atom. The van der Waals surface area contributed by atoms with Gasteiger partial charge in [-0.25, -0.2) is 0 Å². The molecule has 0 aliphatic heterocycles. The predicted octanol–water partition coefficient (Wildman–Crippen LogP) is 13.6. The summed E-state index contributed by atoms with van der Waals surface area (Å²) in [6, 6.07) is 63.4. The number of benzene rings is 7. The Kier molecular flexibility index (Phi) is 6.55. The van der Waals surface area contributed by atoms with Crippen molar-refractivity contribution in [1.82, 2.24) is 4.57 Å². The lowest BCUT2D eigenvalue weighted by Crippen LogP contribution is -2.55. The fourth-order valence-corrected chi connectivity index (χ4v) is 12.1. The molecule has 4 fully saturated rings. The van der Waals surface area contributed by atoms with E-state index >= 15 is 0 Å². The predicted molar refractivity (Wildman–Crippen MR) is 224 cm³/mol. The molecule has 13 rings (SSSR count). The minimum absolute atomic E-state index is 0.214. The van der Waals surface area contributed by atoms with E-state index in [4.69, 9.17) is 0 Å². The highest BCUT2D eigenvalue weighted by molar-refractivity contribution is 6.10. The monoisotopic (exact) mass is 694 g/mol. The van der Waals surface area contributed by atoms with Gasteiger partial charge in [0.15, 0.2) is 0 Å². The van der Waals surface area contributed by atoms with E-state index in [0.717, 1.165) is 40.7 Å². The quantitative estimate of drug-likeness (QED) is 0.174. The molecule has 0 saturated heterocycles. The van der Waals surface area contributed by atoms with Crippen LogP contribution in [0, 0.1) is 23.7 Å². The van der Waals surface area contributed by atoms with Crippen molar-refractivity contribution in [3.63, 3.8) is 0 Å². The first-order chi connectivity index (χ1) is 26.7. The topological polar surface area (TPSA) is 8.17 Å². The molecule has 0 radical (unpaired) electrons. The minimum Gasteiger partial charge on any atom is -0.310 e. The van der Waals surface area contributed by atoms with E-state index < -0.39 is 0 Å². The second-order valence-electron chi connectivity index (χ2n) is 16.6. The fourth-order valence-electron chi connectivity index (χ4n) is 12.1. The van der Waals surface area contributed by atoms with E-state index in [0.29, 0.717) is 0 Å². The summed E-state index contributed by atoms with van der Waals surface area (Å²) in [7, 11) is 0. The molecular formula is C52H42N2. The molecule has 4 bridgehead atoms. The standard InChI is InChI=1S/C52H42N2/c1-3-11-40(12-4-1)53(43-24-25-46-45-16-8-10-18-50(45)54(51(46)33-43)41-13-5-2-6-14-41)42-22-19-36(20-23-42)37-21-26-49-47(32-37)44-15-7-9-17-48(44)52(49)38-28-34-27-35(30-38)31-39(52)29-34/h1-26,32-35,38-39H,27-31H2. The van der Waals surface area contributed by atoms with Crippen LogP contribution in [0.3, 0.4) is 0 Å². The first-order valence-electron chi connectivity index (χ1n) is 20.0. The van der Waals surface area contributed by atoms with E-state index in [-0.39, 0.29) is 5.41 Å². The molecule has 2 nitrogen and oxygen atoms in total. The minimum atomic E-state index is 0.214. The largest absolute Gasteiger partial charge is 0.310 e. The number of nitrogens with zero attached hydrogens (tertiary/aromatic N) is 2. The number of para-hydroxylation sites is 3. The van der Waals surface area contributed by atoms with Gasteiger partial charge in [0.1, 0.15) is 0 Å². The van der Waals surface area contributed by atoms with Gasteiger partial charge in [-0.1, -0.05) is 109 Å². The number of rotatable bonds is 5. The van der Waals surface area contributed by atoms with E-state index in [1.165, 1.54) is 81.9 Å². The SMILES string of the molecule is c1ccc(N(c2ccc(-c3ccc4c(c3)-c3ccccc3C43C4CC5CC(C4)CC3C5)cc2)c2ccc3c4ccccc4n(-c4ccccc4)c3c2)cc1. The number of anilines is 3. The summed E-state index contributed by atoms with van der Waals surface area (Å²) in [6.45, 7) is 0. The van der Waals surface area contributed by atoms with Crippen LogP contribution in [0.1, 0.15) is 43.2 Å². The van der Waals surface area contributed by atoms with Crippen LogP contribution in [0.4, 0.5) is 17.1 Å². The molecule has 1 heterocycles. The molecule has 54 heavy (non-hydrogen) atoms. The fraction of sp³-hybridized carbons (Fsp3) is 0.192. The van der Waals surface area contributed by atoms with Gasteiger partial charge in [0.2, 0.25) is 0 Å². The maximum Gasteiger partial charge on any atom is 0.0561 e. The van der Waals surface area contributed by atoms with E-state index in [9.17, 15) is 0 Å². The van der Waals surface area contributed by atoms with Gasteiger partial charge in [-0.15, -0.1) is 0 Å². The molecular weight excluding hydrogens is 653 g/mol. The zero-order valence-corrected chi connectivity index (χ0v) is 30.4. The average molecular weight is 695 g/mol. The van der Waals surface area contributed by atoms with Crippen molar-refractivity contribution in [3.8, 4) is 27.9 Å². The number of fused-ring (bicyclic) bond motifs is 6. The molecule has 4 saturated carbocycles. The maximum atomic E-state index is 2.54. The molecule has 1 spiro atoms. The highest BCUT2D eigenvalue weighted by Crippen LogP contribution is 2.69. The van der Waals surface area contributed by atoms with Crippen LogP contribution in [0.2, 0.25) is 0 Å². The van der Waals surface area contributed by atoms with Gasteiger partial charge >= 0.3 is 0 Å². The molecule has 7 aromatic carbocycles. The zero-order chi connectivity index (χ0) is 35.4. The molecule has 5 aliphatic carbocycles. The van der Waals surface area contributed by atoms with Crippen molar-refractivity contribution in [1.29, 1.82) is 0 Å². The highest BCUT2D eigenvalue weighted by Gasteiger charge is 2.61. The smallest absolute Gasteiger partial charge is 0.0561 e. The van der Waals surface area contributed by atoms with Crippen LogP contribution < -0.4 is 4.90 Å². The van der Waals surface area contributed by atoms with Crippen LogP contribution in [0.25, 0.3) is 49.7 Å². The number of hydrogen-bond acceptors (Lipinski definition) is 1. The van der Waals surface area contributed by atoms with Crippen LogP contribution >= 0.6 is 0 Å². The van der Waals surface area contributed by atoms with Gasteiger partial charge in [0.25, 0.3) is 0 Å². The van der Waals surface area contributed by atoms with Crippen molar-refractivity contribution in [2.75, 3.05) is 4.90 Å². The summed E-state index contributed by atoms with van der Waals surface area (Å²) in [6.07, 6.45) is 7.17. The second kappa shape index (κ2) is 11.6. The molecule has 0 amide bonds. The summed E-state index contributed by atoms with van der Waals surface area (Å²) in [5.41, 5.74) is 16.0. The average Bonchev–Trinajstić information content (AvgIpc) is 3.71. The van der Waals surface area contributed by atoms with Crippen LogP contribution in [-0.2, 0) is 5.41 Å². The van der Waals surface area contributed by atoms with Crippen LogP contribution in [-0.4, -0.2) is 4.57 Å². The van der Waals surface area contributed by atoms with Gasteiger partial charge in [-0.2, -0.15) is 0 Å². The first-order valence-corrected chi connectivity index (χ1v) is 20.0. The third-order valence-electron chi connectivity index (χ3n) is 14.0. The summed E-state index contributed by atoms with van der Waals surface area (Å²) in [4.78, 5) is 2.39. The lowest BCUT2D eigenvalue weighted by molar-refractivity contribution is -0.0399. The summed E-state index contributed by atoms with van der Waals surface area (Å²) >= 11 is 0. The van der Waals surface area contributed by atoms with Gasteiger partial charge in [0.05, 0.1) is 11.0 Å². The van der Waals surface area contributed by atoms with Gasteiger partial charge in [0, 0.05) is 38.9 Å². The highest BCUT2D eigenvalue weighted by atomic mass is 15.1.